The fourth-order valence-electron chi connectivity index (χ4n) is 3.54. The molecule has 4 aliphatic carbocycles. The van der Waals surface area contributed by atoms with Crippen LogP contribution in [-0.2, 0) is 43.4 Å². The average molecular weight is 424 g/mol. The number of hydrogen-bond donors (Lipinski definition) is 0. The second kappa shape index (κ2) is 33.0. The summed E-state index contributed by atoms with van der Waals surface area (Å²) in [4.78, 5) is 0. The van der Waals surface area contributed by atoms with Crippen molar-refractivity contribution in [2.24, 2.45) is 0 Å². The van der Waals surface area contributed by atoms with Crippen LogP contribution in [0, 0.1) is 14.9 Å². The molecule has 0 atom stereocenters. The van der Waals surface area contributed by atoms with E-state index in [-0.39, 0.29) is 63.8 Å². The van der Waals surface area contributed by atoms with Crippen LogP contribution >= 0.6 is 0 Å². The van der Waals surface area contributed by atoms with Crippen molar-refractivity contribution in [2.45, 2.75) is 128 Å². The van der Waals surface area contributed by atoms with Crippen LogP contribution in [0.5, 0.6) is 0 Å². The van der Waals surface area contributed by atoms with Crippen molar-refractivity contribution >= 4 is 0 Å². The van der Waals surface area contributed by atoms with Gasteiger partial charge in [-0.05, 0) is 0 Å². The zero-order valence-electron chi connectivity index (χ0n) is 17.6. The summed E-state index contributed by atoms with van der Waals surface area (Å²) < 4.78 is 0. The van der Waals surface area contributed by atoms with Gasteiger partial charge in [-0.3, -0.25) is 0 Å². The Labute approximate surface area is 191 Å². The summed E-state index contributed by atoms with van der Waals surface area (Å²) in [5.41, 5.74) is 0. The van der Waals surface area contributed by atoms with Crippen LogP contribution in [-0.4, -0.2) is 5.48 Å². The molecule has 0 aromatic rings. The van der Waals surface area contributed by atoms with E-state index in [0.717, 1.165) is 0 Å². The van der Waals surface area contributed by atoms with Gasteiger partial charge >= 0.3 is 43.4 Å². The van der Waals surface area contributed by atoms with E-state index in [9.17, 15) is 0 Å². The zero-order valence-corrected chi connectivity index (χ0v) is 20.8. The van der Waals surface area contributed by atoms with Crippen molar-refractivity contribution in [1.29, 1.82) is 0 Å². The standard InChI is InChI=1S/4C5H10.2CH3.H2O.2Ti/c4*1-2-4-5-3-1;;;;;/h4*1-5H2;2*1H3;1H2;;/q;;;;2*-1;;2*+3. The Morgan fingerprint density at radius 1 is 0.200 bits per heavy atom. The minimum atomic E-state index is 0. The molecule has 0 aliphatic heterocycles. The molecule has 3 heteroatoms. The van der Waals surface area contributed by atoms with Crippen LogP contribution in [0.4, 0.5) is 0 Å². The first-order chi connectivity index (χ1) is 10.0. The number of hydrogen-bond acceptors (Lipinski definition) is 0. The summed E-state index contributed by atoms with van der Waals surface area (Å²) in [5, 5.41) is 0. The van der Waals surface area contributed by atoms with Gasteiger partial charge in [0, 0.05) is 0 Å². The average Bonchev–Trinajstić information content (AvgIpc) is 3.40. The van der Waals surface area contributed by atoms with E-state index < -0.39 is 0 Å². The zero-order chi connectivity index (χ0) is 14.1. The van der Waals surface area contributed by atoms with Gasteiger partial charge in [-0.1, -0.05) is 128 Å². The maximum Gasteiger partial charge on any atom is 3.00 e. The van der Waals surface area contributed by atoms with Gasteiger partial charge in [0.15, 0.2) is 0 Å². The van der Waals surface area contributed by atoms with Crippen molar-refractivity contribution in [2.75, 3.05) is 0 Å². The van der Waals surface area contributed by atoms with E-state index in [2.05, 4.69) is 0 Å². The Morgan fingerprint density at radius 2 is 0.240 bits per heavy atom. The second-order valence-electron chi connectivity index (χ2n) is 7.07. The monoisotopic (exact) mass is 424 g/mol. The molecule has 2 N–H and O–H groups in total. The Hall–Kier alpha value is 1.39. The first-order valence-corrected chi connectivity index (χ1v) is 10.00. The summed E-state index contributed by atoms with van der Waals surface area (Å²) in [6, 6.07) is 0. The minimum absolute atomic E-state index is 0. The van der Waals surface area contributed by atoms with Gasteiger partial charge in [-0.2, -0.15) is 0 Å². The van der Waals surface area contributed by atoms with Gasteiger partial charge < -0.3 is 20.3 Å². The molecule has 146 valence electrons. The Balaban J connectivity index is -0.0000000667. The largest absolute Gasteiger partial charge is 3.00 e. The van der Waals surface area contributed by atoms with Crippen molar-refractivity contribution in [3.05, 3.63) is 14.9 Å². The maximum atomic E-state index is 1.50. The molecule has 0 aromatic heterocycles. The topological polar surface area (TPSA) is 31.5 Å². The molecule has 4 rings (SSSR count). The molecule has 4 fully saturated rings. The molecule has 0 bridgehead atoms. The van der Waals surface area contributed by atoms with Gasteiger partial charge in [0.05, 0.1) is 0 Å². The molecule has 4 saturated carbocycles. The molecule has 1 nitrogen and oxygen atoms in total. The molecule has 0 spiro atoms. The molecule has 0 aromatic carbocycles. The molecule has 0 heterocycles. The van der Waals surface area contributed by atoms with E-state index in [0.29, 0.717) is 0 Å². The fraction of sp³-hybridized carbons (Fsp3) is 0.909. The van der Waals surface area contributed by atoms with E-state index in [1.54, 1.807) is 0 Å². The predicted octanol–water partition coefficient (Wildman–Crippen LogP) is 7.87. The Morgan fingerprint density at radius 3 is 0.280 bits per heavy atom. The maximum absolute atomic E-state index is 1.50. The number of rotatable bonds is 0. The van der Waals surface area contributed by atoms with Gasteiger partial charge in [-0.15, -0.1) is 0 Å². The normalized spacial score (nSPS) is 19.2. The van der Waals surface area contributed by atoms with Gasteiger partial charge in [0.25, 0.3) is 0 Å². The third kappa shape index (κ3) is 30.4. The van der Waals surface area contributed by atoms with Gasteiger partial charge in [0.2, 0.25) is 0 Å². The van der Waals surface area contributed by atoms with E-state index in [1.807, 2.05) is 0 Å². The fourth-order valence-corrected chi connectivity index (χ4v) is 3.54. The van der Waals surface area contributed by atoms with Crippen molar-refractivity contribution in [3.63, 3.8) is 0 Å². The summed E-state index contributed by atoms with van der Waals surface area (Å²) in [5.74, 6) is 0. The van der Waals surface area contributed by atoms with Crippen LogP contribution in [0.2, 0.25) is 0 Å². The molecule has 0 unspecified atom stereocenters. The first-order valence-electron chi connectivity index (χ1n) is 10.00. The molecular weight excluding hydrogens is 376 g/mol. The van der Waals surface area contributed by atoms with E-state index >= 15 is 0 Å². The third-order valence-electron chi connectivity index (χ3n) is 5.00. The second-order valence-corrected chi connectivity index (χ2v) is 7.07. The van der Waals surface area contributed by atoms with Gasteiger partial charge in [-0.25, -0.2) is 0 Å². The van der Waals surface area contributed by atoms with Crippen LogP contribution in [0.25, 0.3) is 0 Å². The Bertz CT molecular complexity index is 102. The van der Waals surface area contributed by atoms with Crippen molar-refractivity contribution < 1.29 is 48.9 Å². The summed E-state index contributed by atoms with van der Waals surface area (Å²) in [6.45, 7) is 0. The van der Waals surface area contributed by atoms with Crippen molar-refractivity contribution in [3.8, 4) is 0 Å². The predicted molar refractivity (Wildman–Crippen MR) is 109 cm³/mol. The Kier molecular flexibility index (Phi) is 49.1. The van der Waals surface area contributed by atoms with Crippen molar-refractivity contribution in [1.82, 2.24) is 0 Å². The van der Waals surface area contributed by atoms with Crippen LogP contribution in [0.3, 0.4) is 0 Å². The SMILES string of the molecule is C1CCCC1.C1CCCC1.C1CCCC1.C1CCCC1.O.[CH3-].[CH3-].[Ti+3].[Ti+3]. The summed E-state index contributed by atoms with van der Waals surface area (Å²) >= 11 is 0. The summed E-state index contributed by atoms with van der Waals surface area (Å²) in [6.07, 6.45) is 30.0. The minimum Gasteiger partial charge on any atom is -0.412 e. The van der Waals surface area contributed by atoms with E-state index in [1.165, 1.54) is 128 Å². The van der Waals surface area contributed by atoms with E-state index in [4.69, 9.17) is 0 Å². The molecular formula is C22H48OTi2+4. The third-order valence-corrected chi connectivity index (χ3v) is 5.00. The first kappa shape index (κ1) is 37.2. The quantitative estimate of drug-likeness (QED) is 0.280. The van der Waals surface area contributed by atoms with Gasteiger partial charge in [0.1, 0.15) is 0 Å². The summed E-state index contributed by atoms with van der Waals surface area (Å²) in [7, 11) is 0. The molecule has 25 heavy (non-hydrogen) atoms. The molecule has 0 amide bonds. The van der Waals surface area contributed by atoms with Crippen LogP contribution in [0.15, 0.2) is 0 Å². The van der Waals surface area contributed by atoms with Crippen LogP contribution < -0.4 is 0 Å². The molecule has 2 radical (unpaired) electrons. The molecule has 0 saturated heterocycles. The smallest absolute Gasteiger partial charge is 0.412 e. The molecule has 4 aliphatic rings. The van der Waals surface area contributed by atoms with Crippen LogP contribution in [0.1, 0.15) is 128 Å².